The van der Waals surface area contributed by atoms with Crippen LogP contribution in [0.25, 0.3) is 0 Å². The van der Waals surface area contributed by atoms with E-state index in [1.165, 1.54) is 44.3 Å². The number of aromatic nitrogens is 2. The first-order valence-electron chi connectivity index (χ1n) is 20.0. The Hall–Kier alpha value is -5.88. The number of hydrogen-bond donors (Lipinski definition) is 2. The molecule has 67 heavy (non-hydrogen) atoms. The van der Waals surface area contributed by atoms with Crippen molar-refractivity contribution in [3.8, 4) is 18.2 Å². The monoisotopic (exact) mass is 1100 g/mol. The number of benzene rings is 3. The van der Waals surface area contributed by atoms with Gasteiger partial charge in [0.15, 0.2) is 5.78 Å². The van der Waals surface area contributed by atoms with Crippen molar-refractivity contribution in [3.63, 3.8) is 0 Å². The average Bonchev–Trinajstić information content (AvgIpc) is 4.10. The Morgan fingerprint density at radius 3 is 1.48 bits per heavy atom. The largest absolute Gasteiger partial charge is 0.340 e. The molecule has 3 aromatic carbocycles. The van der Waals surface area contributed by atoms with E-state index in [0.29, 0.717) is 42.2 Å². The lowest BCUT2D eigenvalue weighted by molar-refractivity contribution is -0.135. The van der Waals surface area contributed by atoms with Gasteiger partial charge in [0.2, 0.25) is 11.8 Å². The third kappa shape index (κ3) is 11.6. The second-order valence-electron chi connectivity index (χ2n) is 14.6. The van der Waals surface area contributed by atoms with Crippen molar-refractivity contribution in [2.75, 3.05) is 0 Å². The van der Waals surface area contributed by atoms with Crippen LogP contribution in [0.1, 0.15) is 58.5 Å². The highest BCUT2D eigenvalue weighted by atomic mass is 79.9. The van der Waals surface area contributed by atoms with Crippen molar-refractivity contribution in [1.82, 2.24) is 20.6 Å². The smallest absolute Gasteiger partial charge is 0.242 e. The highest BCUT2D eigenvalue weighted by Gasteiger charge is 2.49. The number of Topliss-reactive ketones (excluding diaryl/α,β-unsaturated/α-hetero) is 2. The molecule has 0 aliphatic carbocycles. The molecule has 7 aromatic rings. The molecule has 9 rings (SSSR count). The summed E-state index contributed by atoms with van der Waals surface area (Å²) in [7, 11) is 2.99. The third-order valence-electron chi connectivity index (χ3n) is 10.3. The first kappa shape index (κ1) is 49.0. The summed E-state index contributed by atoms with van der Waals surface area (Å²) >= 11 is 10.9. The van der Waals surface area contributed by atoms with E-state index in [0.717, 1.165) is 32.7 Å². The number of piperidine rings is 2. The fourth-order valence-electron chi connectivity index (χ4n) is 7.21. The number of nitrogens with one attached hydrogen (secondary N) is 2. The Morgan fingerprint density at radius 2 is 1.04 bits per heavy atom. The van der Waals surface area contributed by atoms with Crippen molar-refractivity contribution in [2.45, 2.75) is 50.3 Å². The molecule has 2 amide bonds. The SMILES string of the molecule is N#Cc1ccccc1SC1C(=O)CC(c2ccsc2)(c2cccc(Br)n2)NC1=O.N#Cc1ccccc1SSc1ccccc1C#N.O=C1CC(=O)NC(c2ccsc2)(c2cccc(Br)n2)C1. The minimum absolute atomic E-state index is 0.0557. The molecule has 4 aromatic heterocycles. The molecule has 2 saturated heterocycles. The maximum absolute atomic E-state index is 13.2. The zero-order chi connectivity index (χ0) is 47.4. The van der Waals surface area contributed by atoms with Gasteiger partial charge in [0, 0.05) is 27.5 Å². The Labute approximate surface area is 423 Å². The molecule has 332 valence electrons. The van der Waals surface area contributed by atoms with Crippen molar-refractivity contribution in [2.24, 2.45) is 0 Å². The average molecular weight is 1100 g/mol. The molecule has 2 aliphatic heterocycles. The van der Waals surface area contributed by atoms with E-state index in [2.05, 4.69) is 70.7 Å². The van der Waals surface area contributed by atoms with E-state index in [4.69, 9.17) is 10.5 Å². The Morgan fingerprint density at radius 1 is 0.582 bits per heavy atom. The summed E-state index contributed by atoms with van der Waals surface area (Å²) in [5.74, 6) is -0.901. The van der Waals surface area contributed by atoms with Crippen LogP contribution in [0.2, 0.25) is 0 Å². The molecule has 0 bridgehead atoms. The molecule has 3 unspecified atom stereocenters. The standard InChI is InChI=1S/C21H14BrN3O2S2.C14H11BrN2O2S.C14H8N2S2/c22-18-7-3-6-17(24-18)21(14-8-9-28-12-14)10-15(26)19(20(27)25-21)29-16-5-2-1-4-13(16)11-23;15-12-3-1-2-11(16-12)14(9-4-5-20-8-9)7-10(18)6-13(19)17-14;15-9-11-5-1-3-7-13(11)17-18-14-8-4-2-6-12(14)10-16/h1-9,12,19H,10H2,(H,25,27);1-5,8H,6-7H2,(H,17,19);1-8H. The number of nitriles is 3. The predicted molar refractivity (Wildman–Crippen MR) is 269 cm³/mol. The molecule has 0 spiro atoms. The maximum Gasteiger partial charge on any atom is 0.242 e. The van der Waals surface area contributed by atoms with Gasteiger partial charge in [-0.25, -0.2) is 9.97 Å². The number of thioether (sulfide) groups is 1. The highest BCUT2D eigenvalue weighted by Crippen LogP contribution is 2.42. The maximum atomic E-state index is 13.2. The van der Waals surface area contributed by atoms with Gasteiger partial charge in [0.1, 0.15) is 49.5 Å². The molecule has 11 nitrogen and oxygen atoms in total. The van der Waals surface area contributed by atoms with E-state index in [-0.39, 0.29) is 42.6 Å². The van der Waals surface area contributed by atoms with Gasteiger partial charge in [-0.3, -0.25) is 19.2 Å². The van der Waals surface area contributed by atoms with E-state index >= 15 is 0 Å². The lowest BCUT2D eigenvalue weighted by Crippen LogP contribution is -2.58. The van der Waals surface area contributed by atoms with Gasteiger partial charge >= 0.3 is 0 Å². The zero-order valence-corrected chi connectivity index (χ0v) is 42.0. The predicted octanol–water partition coefficient (Wildman–Crippen LogP) is 11.1. The van der Waals surface area contributed by atoms with Crippen LogP contribution in [0.4, 0.5) is 0 Å². The summed E-state index contributed by atoms with van der Waals surface area (Å²) < 4.78 is 1.31. The number of ketones is 2. The van der Waals surface area contributed by atoms with Crippen molar-refractivity contribution in [1.29, 1.82) is 15.8 Å². The van der Waals surface area contributed by atoms with E-state index in [1.54, 1.807) is 42.5 Å². The second-order valence-corrected chi connectivity index (χ2v) is 21.1. The molecule has 3 atom stereocenters. The number of pyridine rings is 2. The summed E-state index contributed by atoms with van der Waals surface area (Å²) in [5, 5.41) is 40.1. The summed E-state index contributed by atoms with van der Waals surface area (Å²) in [6.07, 6.45) is 0.268. The highest BCUT2D eigenvalue weighted by molar-refractivity contribution is 9.10. The number of rotatable bonds is 9. The minimum Gasteiger partial charge on any atom is -0.340 e. The topological polar surface area (TPSA) is 189 Å². The number of halogens is 2. The molecular weight excluding hydrogens is 1070 g/mol. The molecule has 0 saturated carbocycles. The van der Waals surface area contributed by atoms with Crippen molar-refractivity contribution >= 4 is 111 Å². The number of carbonyl (C=O) groups is 4. The van der Waals surface area contributed by atoms with Gasteiger partial charge in [-0.15, -0.1) is 11.8 Å². The molecule has 0 radical (unpaired) electrons. The van der Waals surface area contributed by atoms with Gasteiger partial charge in [0.05, 0.1) is 34.5 Å². The van der Waals surface area contributed by atoms with Crippen molar-refractivity contribution in [3.05, 3.63) is 191 Å². The van der Waals surface area contributed by atoms with Crippen LogP contribution in [0, 0.1) is 34.0 Å². The first-order chi connectivity index (χ1) is 32.5. The molecule has 18 heteroatoms. The fourth-order valence-corrected chi connectivity index (χ4v) is 12.7. The lowest BCUT2D eigenvalue weighted by Gasteiger charge is -2.39. The molecule has 6 heterocycles. The van der Waals surface area contributed by atoms with Crippen LogP contribution in [-0.4, -0.2) is 38.6 Å². The quantitative estimate of drug-likeness (QED) is 0.0792. The second kappa shape index (κ2) is 22.7. The Bertz CT molecular complexity index is 2980. The van der Waals surface area contributed by atoms with Crippen LogP contribution in [0.3, 0.4) is 0 Å². The normalized spacial score (nSPS) is 18.6. The van der Waals surface area contributed by atoms with E-state index < -0.39 is 16.3 Å². The van der Waals surface area contributed by atoms with Gasteiger partial charge in [0.25, 0.3) is 0 Å². The van der Waals surface area contributed by atoms with Crippen LogP contribution in [0.15, 0.2) is 167 Å². The fraction of sp³-hybridized carbons (Fsp3) is 0.122. The van der Waals surface area contributed by atoms with Gasteiger partial charge in [-0.2, -0.15) is 38.5 Å². The van der Waals surface area contributed by atoms with Crippen LogP contribution >= 0.6 is 87.9 Å². The van der Waals surface area contributed by atoms with Gasteiger partial charge in [-0.05, 0) is 137 Å². The molecule has 2 aliphatic rings. The first-order valence-corrected chi connectivity index (χ1v) is 26.5. The van der Waals surface area contributed by atoms with Crippen LogP contribution in [0.5, 0.6) is 0 Å². The van der Waals surface area contributed by atoms with Crippen molar-refractivity contribution < 1.29 is 19.2 Å². The van der Waals surface area contributed by atoms with E-state index in [1.807, 2.05) is 100 Å². The number of carbonyl (C=O) groups excluding carboxylic acids is 4. The number of hydrogen-bond acceptors (Lipinski definition) is 14. The Balaban J connectivity index is 0.000000155. The number of amides is 2. The summed E-state index contributed by atoms with van der Waals surface area (Å²) in [6.45, 7) is 0. The van der Waals surface area contributed by atoms with Crippen LogP contribution < -0.4 is 10.6 Å². The van der Waals surface area contributed by atoms with Gasteiger partial charge < -0.3 is 10.6 Å². The lowest BCUT2D eigenvalue weighted by atomic mass is 9.79. The van der Waals surface area contributed by atoms with Crippen LogP contribution in [-0.2, 0) is 30.3 Å². The molecule has 2 fully saturated rings. The molecule has 2 N–H and O–H groups in total. The minimum atomic E-state index is -1.01. The molecular formula is C49H33Br2N7O4S5. The zero-order valence-electron chi connectivity index (χ0n) is 34.7. The summed E-state index contributed by atoms with van der Waals surface area (Å²) in [4.78, 5) is 61.5. The number of thiophene rings is 2. The van der Waals surface area contributed by atoms with Gasteiger partial charge in [-0.1, -0.05) is 70.1 Å². The summed E-state index contributed by atoms with van der Waals surface area (Å²) in [6, 6.07) is 43.1. The number of nitrogens with zero attached hydrogens (tertiary/aromatic N) is 5. The van der Waals surface area contributed by atoms with E-state index in [9.17, 15) is 24.4 Å². The Kier molecular flexibility index (Phi) is 16.6. The third-order valence-corrected chi connectivity index (χ3v) is 16.4. The summed E-state index contributed by atoms with van der Waals surface area (Å²) in [5.41, 5.74) is 2.90.